The van der Waals surface area contributed by atoms with E-state index in [1.165, 1.54) is 12.3 Å². The smallest absolute Gasteiger partial charge is 0.346 e. The van der Waals surface area contributed by atoms with Gasteiger partial charge in [-0.05, 0) is 6.07 Å². The molecule has 21 heavy (non-hydrogen) atoms. The predicted octanol–water partition coefficient (Wildman–Crippen LogP) is 1.03. The molecule has 1 amide bonds. The molecule has 11 heteroatoms. The Morgan fingerprint density at radius 1 is 1.48 bits per heavy atom. The van der Waals surface area contributed by atoms with Crippen LogP contribution in [0.2, 0.25) is 5.02 Å². The summed E-state index contributed by atoms with van der Waals surface area (Å²) in [5.41, 5.74) is 0. The highest BCUT2D eigenvalue weighted by molar-refractivity contribution is 7.89. The molecule has 0 aromatic carbocycles. The Hall–Kier alpha value is -1.39. The van der Waals surface area contributed by atoms with Crippen LogP contribution in [0, 0.1) is 0 Å². The number of amides is 1. The summed E-state index contributed by atoms with van der Waals surface area (Å²) in [6, 6.07) is 1.24. The van der Waals surface area contributed by atoms with Crippen LogP contribution in [0.5, 0.6) is 0 Å². The normalized spacial score (nSPS) is 12.5. The fourth-order valence-corrected chi connectivity index (χ4v) is 2.79. The van der Waals surface area contributed by atoms with Crippen LogP contribution in [-0.2, 0) is 14.8 Å². The molecule has 1 heterocycles. The number of aromatic nitrogens is 1. The van der Waals surface area contributed by atoms with E-state index in [1.54, 1.807) is 5.32 Å². The van der Waals surface area contributed by atoms with Crippen LogP contribution in [-0.4, -0.2) is 49.9 Å². The van der Waals surface area contributed by atoms with Crippen molar-refractivity contribution < 1.29 is 26.4 Å². The Morgan fingerprint density at radius 3 is 2.62 bits per heavy atom. The summed E-state index contributed by atoms with van der Waals surface area (Å²) in [6.07, 6.45) is -2.31. The third-order valence-electron chi connectivity index (χ3n) is 2.27. The number of pyridine rings is 1. The zero-order chi connectivity index (χ0) is 16.3. The number of carbonyl (C=O) groups is 1. The van der Waals surface area contributed by atoms with Crippen molar-refractivity contribution in [1.29, 1.82) is 0 Å². The van der Waals surface area contributed by atoms with Crippen molar-refractivity contribution in [2.45, 2.75) is 11.1 Å². The number of alkyl halides is 3. The first-order valence-corrected chi connectivity index (χ1v) is 7.25. The van der Waals surface area contributed by atoms with Gasteiger partial charge in [-0.2, -0.15) is 17.5 Å². The summed E-state index contributed by atoms with van der Waals surface area (Å²) in [7, 11) is -3.07. The van der Waals surface area contributed by atoms with Crippen molar-refractivity contribution >= 4 is 27.5 Å². The summed E-state index contributed by atoms with van der Waals surface area (Å²) < 4.78 is 60.6. The Bertz CT molecular complexity index is 621. The SMILES string of the molecule is CN(CC(=O)NCC(F)(F)F)S(=O)(=O)c1cnccc1Cl. The Balaban J connectivity index is 2.77. The van der Waals surface area contributed by atoms with Gasteiger partial charge in [0, 0.05) is 19.4 Å². The molecular weight excluding hydrogens is 335 g/mol. The second-order valence-corrected chi connectivity index (χ2v) is 6.38. The summed E-state index contributed by atoms with van der Waals surface area (Å²) in [6.45, 7) is -2.31. The summed E-state index contributed by atoms with van der Waals surface area (Å²) in [5.74, 6) is -1.08. The van der Waals surface area contributed by atoms with Gasteiger partial charge in [0.2, 0.25) is 15.9 Å². The van der Waals surface area contributed by atoms with Gasteiger partial charge >= 0.3 is 6.18 Å². The highest BCUT2D eigenvalue weighted by atomic mass is 35.5. The number of hydrogen-bond acceptors (Lipinski definition) is 4. The Labute approximate surface area is 124 Å². The summed E-state index contributed by atoms with van der Waals surface area (Å²) in [5, 5.41) is 1.47. The molecule has 0 saturated heterocycles. The van der Waals surface area contributed by atoms with Crippen LogP contribution in [0.1, 0.15) is 0 Å². The zero-order valence-corrected chi connectivity index (χ0v) is 12.3. The van der Waals surface area contributed by atoms with Gasteiger partial charge in [-0.15, -0.1) is 0 Å². The monoisotopic (exact) mass is 345 g/mol. The average Bonchev–Trinajstić information content (AvgIpc) is 2.35. The quantitative estimate of drug-likeness (QED) is 0.864. The van der Waals surface area contributed by atoms with Crippen LogP contribution < -0.4 is 5.32 Å². The molecule has 0 radical (unpaired) electrons. The molecule has 0 aliphatic carbocycles. The van der Waals surface area contributed by atoms with Crippen LogP contribution >= 0.6 is 11.6 Å². The molecule has 0 spiro atoms. The first kappa shape index (κ1) is 17.7. The van der Waals surface area contributed by atoms with E-state index < -0.39 is 35.2 Å². The standard InChI is InChI=1S/C10H11ClF3N3O3S/c1-17(5-9(18)16-6-10(12,13)14)21(19,20)8-4-15-3-2-7(8)11/h2-4H,5-6H2,1H3,(H,16,18). The van der Waals surface area contributed by atoms with Gasteiger partial charge in [-0.25, -0.2) is 8.42 Å². The molecule has 118 valence electrons. The molecule has 0 unspecified atom stereocenters. The van der Waals surface area contributed by atoms with Crippen molar-refractivity contribution in [3.8, 4) is 0 Å². The Morgan fingerprint density at radius 2 is 2.10 bits per heavy atom. The van der Waals surface area contributed by atoms with E-state index in [0.29, 0.717) is 4.31 Å². The maximum absolute atomic E-state index is 12.1. The lowest BCUT2D eigenvalue weighted by Gasteiger charge is -2.17. The van der Waals surface area contributed by atoms with Gasteiger partial charge < -0.3 is 5.32 Å². The van der Waals surface area contributed by atoms with E-state index >= 15 is 0 Å². The third kappa shape index (κ3) is 5.14. The van der Waals surface area contributed by atoms with Crippen molar-refractivity contribution in [2.24, 2.45) is 0 Å². The fraction of sp³-hybridized carbons (Fsp3) is 0.400. The van der Waals surface area contributed by atoms with Gasteiger partial charge in [-0.3, -0.25) is 9.78 Å². The number of carbonyl (C=O) groups excluding carboxylic acids is 1. The van der Waals surface area contributed by atoms with E-state index in [4.69, 9.17) is 11.6 Å². The number of halogens is 4. The molecule has 1 aromatic rings. The predicted molar refractivity (Wildman–Crippen MR) is 68.1 cm³/mol. The second kappa shape index (κ2) is 6.58. The summed E-state index contributed by atoms with van der Waals surface area (Å²) in [4.78, 5) is 14.6. The largest absolute Gasteiger partial charge is 0.405 e. The molecule has 1 N–H and O–H groups in total. The van der Waals surface area contributed by atoms with Crippen molar-refractivity contribution in [3.63, 3.8) is 0 Å². The highest BCUT2D eigenvalue weighted by Crippen LogP contribution is 2.22. The van der Waals surface area contributed by atoms with Crippen molar-refractivity contribution in [2.75, 3.05) is 20.1 Å². The first-order valence-electron chi connectivity index (χ1n) is 5.43. The summed E-state index contributed by atoms with van der Waals surface area (Å²) >= 11 is 5.72. The zero-order valence-electron chi connectivity index (χ0n) is 10.7. The maximum atomic E-state index is 12.1. The number of rotatable bonds is 5. The van der Waals surface area contributed by atoms with Crippen molar-refractivity contribution in [3.05, 3.63) is 23.5 Å². The molecule has 6 nitrogen and oxygen atoms in total. The fourth-order valence-electron chi connectivity index (χ4n) is 1.26. The van der Waals surface area contributed by atoms with Crippen LogP contribution in [0.25, 0.3) is 0 Å². The molecule has 0 atom stereocenters. The molecule has 0 aliphatic rings. The first-order chi connectivity index (χ1) is 9.54. The van der Waals surface area contributed by atoms with E-state index in [1.807, 2.05) is 0 Å². The average molecular weight is 346 g/mol. The van der Waals surface area contributed by atoms with E-state index in [2.05, 4.69) is 4.98 Å². The molecule has 0 aliphatic heterocycles. The minimum absolute atomic E-state index is 0.104. The molecular formula is C10H11ClF3N3O3S. The van der Waals surface area contributed by atoms with Crippen LogP contribution in [0.4, 0.5) is 13.2 Å². The number of likely N-dealkylation sites (N-methyl/N-ethyl adjacent to an activating group) is 1. The molecule has 0 saturated carbocycles. The number of hydrogen-bond donors (Lipinski definition) is 1. The number of nitrogens with one attached hydrogen (secondary N) is 1. The van der Waals surface area contributed by atoms with Crippen molar-refractivity contribution in [1.82, 2.24) is 14.6 Å². The van der Waals surface area contributed by atoms with Gasteiger partial charge in [0.25, 0.3) is 0 Å². The van der Waals surface area contributed by atoms with E-state index in [9.17, 15) is 26.4 Å². The van der Waals surface area contributed by atoms with E-state index in [-0.39, 0.29) is 9.92 Å². The molecule has 1 rings (SSSR count). The minimum Gasteiger partial charge on any atom is -0.346 e. The molecule has 0 bridgehead atoms. The Kier molecular flexibility index (Phi) is 5.54. The maximum Gasteiger partial charge on any atom is 0.405 e. The second-order valence-electron chi connectivity index (χ2n) is 3.96. The lowest BCUT2D eigenvalue weighted by Crippen LogP contribution is -2.41. The van der Waals surface area contributed by atoms with Crippen LogP contribution in [0.15, 0.2) is 23.4 Å². The van der Waals surface area contributed by atoms with Gasteiger partial charge in [-0.1, -0.05) is 11.6 Å². The molecule has 0 fully saturated rings. The lowest BCUT2D eigenvalue weighted by atomic mass is 10.5. The lowest BCUT2D eigenvalue weighted by molar-refractivity contribution is -0.138. The minimum atomic E-state index is -4.57. The van der Waals surface area contributed by atoms with Gasteiger partial charge in [0.15, 0.2) is 0 Å². The van der Waals surface area contributed by atoms with Gasteiger partial charge in [0.05, 0.1) is 11.6 Å². The third-order valence-corrected chi connectivity index (χ3v) is 4.55. The topological polar surface area (TPSA) is 79.4 Å². The van der Waals surface area contributed by atoms with Crippen LogP contribution in [0.3, 0.4) is 0 Å². The number of nitrogens with zero attached hydrogens (tertiary/aromatic N) is 2. The van der Waals surface area contributed by atoms with E-state index in [0.717, 1.165) is 13.2 Å². The molecule has 1 aromatic heterocycles. The highest BCUT2D eigenvalue weighted by Gasteiger charge is 2.29. The van der Waals surface area contributed by atoms with Gasteiger partial charge in [0.1, 0.15) is 11.4 Å². The number of sulfonamides is 1.